The first kappa shape index (κ1) is 17.8. The highest BCUT2D eigenvalue weighted by Crippen LogP contribution is 2.16. The van der Waals surface area contributed by atoms with Crippen LogP contribution in [0, 0.1) is 0 Å². The third-order valence-electron chi connectivity index (χ3n) is 3.66. The molecule has 0 radical (unpaired) electrons. The Balaban J connectivity index is 1.99. The highest BCUT2D eigenvalue weighted by Gasteiger charge is 2.13. The molecule has 0 unspecified atom stereocenters. The number of hydrogen-bond donors (Lipinski definition) is 2. The average Bonchev–Trinajstić information content (AvgIpc) is 3.25. The van der Waals surface area contributed by atoms with E-state index >= 15 is 0 Å². The molecule has 0 fully saturated rings. The minimum atomic E-state index is 0.545. The van der Waals surface area contributed by atoms with Crippen molar-refractivity contribution >= 4 is 5.96 Å². The van der Waals surface area contributed by atoms with E-state index in [0.29, 0.717) is 13.1 Å². The number of guanidine groups is 1. The summed E-state index contributed by atoms with van der Waals surface area (Å²) in [6.45, 7) is 9.80. The Morgan fingerprint density at radius 2 is 2.21 bits per heavy atom. The molecule has 0 aliphatic rings. The van der Waals surface area contributed by atoms with Gasteiger partial charge in [0.2, 0.25) is 0 Å². The zero-order valence-electron chi connectivity index (χ0n) is 14.5. The number of aromatic nitrogens is 1. The second kappa shape index (κ2) is 9.60. The van der Waals surface area contributed by atoms with Crippen LogP contribution < -0.4 is 10.6 Å². The molecule has 2 heterocycles. The summed E-state index contributed by atoms with van der Waals surface area (Å²) in [5, 5.41) is 10.7. The summed E-state index contributed by atoms with van der Waals surface area (Å²) in [4.78, 5) is 4.66. The summed E-state index contributed by atoms with van der Waals surface area (Å²) < 4.78 is 10.7. The third-order valence-corrected chi connectivity index (χ3v) is 3.66. The Hall–Kier alpha value is -2.50. The van der Waals surface area contributed by atoms with Gasteiger partial charge in [0.1, 0.15) is 11.5 Å². The van der Waals surface area contributed by atoms with Crippen molar-refractivity contribution in [3.8, 4) is 0 Å². The van der Waals surface area contributed by atoms with E-state index in [1.165, 1.54) is 0 Å². The molecule has 6 heteroatoms. The fraction of sp³-hybridized carbons (Fsp3) is 0.444. The molecule has 0 aliphatic heterocycles. The normalized spacial score (nSPS) is 11.5. The van der Waals surface area contributed by atoms with Gasteiger partial charge in [-0.3, -0.25) is 0 Å². The first-order valence-corrected chi connectivity index (χ1v) is 8.40. The zero-order chi connectivity index (χ0) is 17.2. The molecule has 0 saturated carbocycles. The Labute approximate surface area is 143 Å². The third kappa shape index (κ3) is 5.01. The van der Waals surface area contributed by atoms with E-state index in [1.807, 2.05) is 12.1 Å². The van der Waals surface area contributed by atoms with Crippen molar-refractivity contribution in [2.45, 2.75) is 39.7 Å². The van der Waals surface area contributed by atoms with Crippen molar-refractivity contribution in [1.82, 2.24) is 15.8 Å². The van der Waals surface area contributed by atoms with Gasteiger partial charge in [-0.25, -0.2) is 4.99 Å². The van der Waals surface area contributed by atoms with E-state index in [2.05, 4.69) is 41.2 Å². The highest BCUT2D eigenvalue weighted by molar-refractivity contribution is 5.79. The maximum atomic E-state index is 5.39. The zero-order valence-corrected chi connectivity index (χ0v) is 14.5. The summed E-state index contributed by atoms with van der Waals surface area (Å²) in [5.74, 6) is 2.60. The van der Waals surface area contributed by atoms with E-state index in [4.69, 9.17) is 8.94 Å². The van der Waals surface area contributed by atoms with Crippen LogP contribution in [0.1, 0.15) is 36.6 Å². The van der Waals surface area contributed by atoms with Crippen LogP contribution in [0.5, 0.6) is 0 Å². The van der Waals surface area contributed by atoms with Gasteiger partial charge in [0.15, 0.2) is 5.96 Å². The van der Waals surface area contributed by atoms with Crippen molar-refractivity contribution in [1.29, 1.82) is 0 Å². The number of nitrogens with zero attached hydrogens (tertiary/aromatic N) is 2. The lowest BCUT2D eigenvalue weighted by Crippen LogP contribution is -2.38. The second-order valence-electron chi connectivity index (χ2n) is 5.33. The topological polar surface area (TPSA) is 75.6 Å². The SMILES string of the molecule is C=CCNC(=NCc1c(CC)noc1CC)NCCc1ccco1. The molecule has 0 amide bonds. The summed E-state index contributed by atoms with van der Waals surface area (Å²) in [6.07, 6.45) is 5.95. The predicted octanol–water partition coefficient (Wildman–Crippen LogP) is 2.86. The molecule has 0 aromatic carbocycles. The van der Waals surface area contributed by atoms with Crippen LogP contribution in [0.15, 0.2) is 45.0 Å². The maximum absolute atomic E-state index is 5.39. The molecule has 2 N–H and O–H groups in total. The molecule has 2 rings (SSSR count). The van der Waals surface area contributed by atoms with E-state index in [9.17, 15) is 0 Å². The van der Waals surface area contributed by atoms with Crippen molar-refractivity contribution in [3.63, 3.8) is 0 Å². The van der Waals surface area contributed by atoms with Gasteiger partial charge in [0, 0.05) is 31.5 Å². The first-order chi connectivity index (χ1) is 11.8. The molecule has 0 atom stereocenters. The Bertz CT molecular complexity index is 623. The summed E-state index contributed by atoms with van der Waals surface area (Å²) in [6, 6.07) is 3.86. The largest absolute Gasteiger partial charge is 0.469 e. The fourth-order valence-corrected chi connectivity index (χ4v) is 2.38. The van der Waals surface area contributed by atoms with Gasteiger partial charge in [-0.15, -0.1) is 6.58 Å². The molecule has 24 heavy (non-hydrogen) atoms. The Morgan fingerprint density at radius 1 is 1.33 bits per heavy atom. The van der Waals surface area contributed by atoms with Gasteiger partial charge >= 0.3 is 0 Å². The number of hydrogen-bond acceptors (Lipinski definition) is 4. The van der Waals surface area contributed by atoms with Crippen molar-refractivity contribution in [3.05, 3.63) is 53.8 Å². The monoisotopic (exact) mass is 330 g/mol. The van der Waals surface area contributed by atoms with Crippen molar-refractivity contribution in [2.24, 2.45) is 4.99 Å². The average molecular weight is 330 g/mol. The molecule has 0 spiro atoms. The van der Waals surface area contributed by atoms with Crippen LogP contribution in [-0.4, -0.2) is 24.2 Å². The van der Waals surface area contributed by atoms with Gasteiger partial charge in [0.25, 0.3) is 0 Å². The van der Waals surface area contributed by atoms with Crippen LogP contribution in [0.25, 0.3) is 0 Å². The van der Waals surface area contributed by atoms with Gasteiger partial charge in [0.05, 0.1) is 18.5 Å². The lowest BCUT2D eigenvalue weighted by Gasteiger charge is -2.11. The fourth-order valence-electron chi connectivity index (χ4n) is 2.38. The van der Waals surface area contributed by atoms with Crippen LogP contribution in [0.3, 0.4) is 0 Å². The quantitative estimate of drug-likeness (QED) is 0.420. The Kier molecular flexibility index (Phi) is 7.14. The second-order valence-corrected chi connectivity index (χ2v) is 5.33. The number of nitrogens with one attached hydrogen (secondary N) is 2. The van der Waals surface area contributed by atoms with Gasteiger partial charge in [-0.1, -0.05) is 25.1 Å². The van der Waals surface area contributed by atoms with Crippen molar-refractivity contribution < 1.29 is 8.94 Å². The van der Waals surface area contributed by atoms with Gasteiger partial charge in [-0.05, 0) is 18.6 Å². The molecule has 6 nitrogen and oxygen atoms in total. The summed E-state index contributed by atoms with van der Waals surface area (Å²) in [7, 11) is 0. The lowest BCUT2D eigenvalue weighted by molar-refractivity contribution is 0.380. The number of aryl methyl sites for hydroxylation is 2. The molecule has 0 bridgehead atoms. The maximum Gasteiger partial charge on any atom is 0.191 e. The molecular weight excluding hydrogens is 304 g/mol. The molecular formula is C18H26N4O2. The molecule has 0 saturated heterocycles. The minimum absolute atomic E-state index is 0.545. The van der Waals surface area contributed by atoms with Crippen LogP contribution >= 0.6 is 0 Å². The molecule has 2 aromatic rings. The van der Waals surface area contributed by atoms with Gasteiger partial charge in [-0.2, -0.15) is 0 Å². The van der Waals surface area contributed by atoms with Crippen LogP contribution in [0.2, 0.25) is 0 Å². The lowest BCUT2D eigenvalue weighted by atomic mass is 10.1. The van der Waals surface area contributed by atoms with Gasteiger partial charge < -0.3 is 19.6 Å². The van der Waals surface area contributed by atoms with E-state index in [-0.39, 0.29) is 0 Å². The van der Waals surface area contributed by atoms with Crippen LogP contribution in [0.4, 0.5) is 0 Å². The van der Waals surface area contributed by atoms with E-state index in [1.54, 1.807) is 12.3 Å². The smallest absolute Gasteiger partial charge is 0.191 e. The van der Waals surface area contributed by atoms with E-state index in [0.717, 1.165) is 54.5 Å². The minimum Gasteiger partial charge on any atom is -0.469 e. The first-order valence-electron chi connectivity index (χ1n) is 8.40. The molecule has 0 aliphatic carbocycles. The predicted molar refractivity (Wildman–Crippen MR) is 95.0 cm³/mol. The highest BCUT2D eigenvalue weighted by atomic mass is 16.5. The number of furan rings is 1. The molecule has 2 aromatic heterocycles. The summed E-state index contributed by atoms with van der Waals surface area (Å²) >= 11 is 0. The number of aliphatic imine (C=N–C) groups is 1. The Morgan fingerprint density at radius 3 is 2.88 bits per heavy atom. The summed E-state index contributed by atoms with van der Waals surface area (Å²) in [5.41, 5.74) is 2.07. The molecule has 130 valence electrons. The van der Waals surface area contributed by atoms with Crippen LogP contribution in [-0.2, 0) is 25.8 Å². The van der Waals surface area contributed by atoms with E-state index < -0.39 is 0 Å². The van der Waals surface area contributed by atoms with Crippen molar-refractivity contribution in [2.75, 3.05) is 13.1 Å². The number of rotatable bonds is 9. The standard InChI is InChI=1S/C18H26N4O2/c1-4-10-19-18(20-11-9-14-8-7-12-23-14)21-13-15-16(5-2)22-24-17(15)6-3/h4,7-8,12H,1,5-6,9-11,13H2,2-3H3,(H2,19,20,21).